The van der Waals surface area contributed by atoms with Crippen LogP contribution in [0.2, 0.25) is 0 Å². The van der Waals surface area contributed by atoms with Crippen LogP contribution in [0.5, 0.6) is 0 Å². The zero-order chi connectivity index (χ0) is 13.5. The third-order valence-electron chi connectivity index (χ3n) is 5.08. The van der Waals surface area contributed by atoms with Crippen LogP contribution in [0.4, 0.5) is 0 Å². The Bertz CT molecular complexity index is 495. The first-order valence-corrected chi connectivity index (χ1v) is 7.92. The molecular formula is C18H22O2. The quantitative estimate of drug-likeness (QED) is 0.773. The van der Waals surface area contributed by atoms with E-state index in [-0.39, 0.29) is 12.2 Å². The summed E-state index contributed by atoms with van der Waals surface area (Å²) in [5, 5.41) is 0. The zero-order valence-electron chi connectivity index (χ0n) is 11.9. The summed E-state index contributed by atoms with van der Waals surface area (Å²) in [6.45, 7) is 2.25. The molecule has 1 aromatic carbocycles. The highest BCUT2D eigenvalue weighted by atomic mass is 16.5. The van der Waals surface area contributed by atoms with Crippen LogP contribution in [0.25, 0.3) is 0 Å². The molecule has 2 heteroatoms. The molecule has 0 radical (unpaired) electrons. The highest BCUT2D eigenvalue weighted by Gasteiger charge is 2.57. The number of rotatable bonds is 4. The molecular weight excluding hydrogens is 248 g/mol. The molecule has 0 aromatic heterocycles. The number of fused-ring (bicyclic) bond motifs is 5. The Labute approximate surface area is 120 Å². The number of unbranched alkanes of at least 4 members (excludes halogenated alkanes) is 1. The lowest BCUT2D eigenvalue weighted by molar-refractivity contribution is -0.0262. The van der Waals surface area contributed by atoms with E-state index in [1.54, 1.807) is 0 Å². The third-order valence-corrected chi connectivity index (χ3v) is 5.08. The van der Waals surface area contributed by atoms with Crippen LogP contribution < -0.4 is 0 Å². The van der Waals surface area contributed by atoms with Gasteiger partial charge in [0.25, 0.3) is 0 Å². The van der Waals surface area contributed by atoms with Gasteiger partial charge in [-0.15, -0.1) is 0 Å². The monoisotopic (exact) mass is 270 g/mol. The van der Waals surface area contributed by atoms with Crippen molar-refractivity contribution in [3.05, 3.63) is 48.0 Å². The minimum atomic E-state index is 0.211. The van der Waals surface area contributed by atoms with Gasteiger partial charge in [0, 0.05) is 11.8 Å². The van der Waals surface area contributed by atoms with Gasteiger partial charge in [0.05, 0.1) is 24.4 Å². The van der Waals surface area contributed by atoms with Crippen LogP contribution in [0, 0.1) is 11.8 Å². The van der Waals surface area contributed by atoms with Crippen molar-refractivity contribution in [2.75, 3.05) is 0 Å². The van der Waals surface area contributed by atoms with E-state index in [1.165, 1.54) is 24.8 Å². The third kappa shape index (κ3) is 1.86. The fraction of sp³-hybridized carbons (Fsp3) is 0.556. The average Bonchev–Trinajstić information content (AvgIpc) is 3.18. The highest BCUT2D eigenvalue weighted by Crippen LogP contribution is 2.55. The molecule has 0 spiro atoms. The van der Waals surface area contributed by atoms with Crippen LogP contribution in [-0.4, -0.2) is 18.3 Å². The summed E-state index contributed by atoms with van der Waals surface area (Å²) in [4.78, 5) is 0. The van der Waals surface area contributed by atoms with Gasteiger partial charge in [-0.2, -0.15) is 0 Å². The largest absolute Gasteiger partial charge is 0.369 e. The van der Waals surface area contributed by atoms with E-state index in [0.717, 1.165) is 0 Å². The Kier molecular flexibility index (Phi) is 3.16. The molecule has 2 saturated heterocycles. The molecule has 0 saturated carbocycles. The fourth-order valence-electron chi connectivity index (χ4n) is 4.18. The normalized spacial score (nSPS) is 41.2. The second kappa shape index (κ2) is 5.01. The van der Waals surface area contributed by atoms with E-state index in [0.29, 0.717) is 24.0 Å². The van der Waals surface area contributed by atoms with Gasteiger partial charge in [-0.1, -0.05) is 62.2 Å². The predicted octanol–water partition coefficient (Wildman–Crippen LogP) is 3.89. The Morgan fingerprint density at radius 1 is 0.950 bits per heavy atom. The van der Waals surface area contributed by atoms with Crippen LogP contribution in [0.15, 0.2) is 42.5 Å². The molecule has 3 heterocycles. The van der Waals surface area contributed by atoms with Gasteiger partial charge in [-0.3, -0.25) is 0 Å². The fourth-order valence-corrected chi connectivity index (χ4v) is 4.18. The van der Waals surface area contributed by atoms with E-state index < -0.39 is 0 Å². The summed E-state index contributed by atoms with van der Waals surface area (Å²) in [5.41, 5.74) is 1.31. The van der Waals surface area contributed by atoms with E-state index >= 15 is 0 Å². The minimum Gasteiger partial charge on any atom is -0.369 e. The predicted molar refractivity (Wildman–Crippen MR) is 78.4 cm³/mol. The molecule has 4 rings (SSSR count). The van der Waals surface area contributed by atoms with E-state index in [1.807, 2.05) is 0 Å². The first-order chi connectivity index (χ1) is 9.88. The Morgan fingerprint density at radius 2 is 1.70 bits per heavy atom. The van der Waals surface area contributed by atoms with Crippen molar-refractivity contribution in [3.63, 3.8) is 0 Å². The second-order valence-corrected chi connectivity index (χ2v) is 6.25. The topological polar surface area (TPSA) is 18.5 Å². The molecule has 0 amide bonds. The number of ether oxygens (including phenoxy) is 2. The molecule has 2 nitrogen and oxygen atoms in total. The van der Waals surface area contributed by atoms with E-state index in [9.17, 15) is 0 Å². The van der Waals surface area contributed by atoms with Crippen molar-refractivity contribution < 1.29 is 9.47 Å². The zero-order valence-corrected chi connectivity index (χ0v) is 11.9. The molecule has 0 unspecified atom stereocenters. The van der Waals surface area contributed by atoms with Crippen molar-refractivity contribution in [1.29, 1.82) is 0 Å². The van der Waals surface area contributed by atoms with Gasteiger partial charge in [-0.25, -0.2) is 0 Å². The van der Waals surface area contributed by atoms with Gasteiger partial charge in [0.15, 0.2) is 0 Å². The number of benzene rings is 1. The van der Waals surface area contributed by atoms with Gasteiger partial charge in [0.1, 0.15) is 0 Å². The van der Waals surface area contributed by atoms with Crippen molar-refractivity contribution in [2.45, 2.75) is 50.6 Å². The lowest BCUT2D eigenvalue weighted by Crippen LogP contribution is -2.28. The van der Waals surface area contributed by atoms with Crippen LogP contribution in [0.1, 0.15) is 37.9 Å². The molecule has 3 aliphatic rings. The average molecular weight is 270 g/mol. The molecule has 20 heavy (non-hydrogen) atoms. The standard InChI is InChI=1S/C18H22O2/c1-2-3-9-13-16-14-10-11-15(19-14)17(16)18(20-13)12-7-5-4-6-8-12/h4-8,10-11,13-18H,2-3,9H2,1H3/t13-,14-,15+,16+,17+,18+/m0/s1. The number of hydrogen-bond acceptors (Lipinski definition) is 2. The smallest absolute Gasteiger partial charge is 0.0889 e. The first kappa shape index (κ1) is 12.6. The first-order valence-electron chi connectivity index (χ1n) is 7.92. The summed E-state index contributed by atoms with van der Waals surface area (Å²) in [6, 6.07) is 10.7. The minimum absolute atomic E-state index is 0.211. The summed E-state index contributed by atoms with van der Waals surface area (Å²) in [5.74, 6) is 1.07. The maximum Gasteiger partial charge on any atom is 0.0889 e. The molecule has 1 aromatic rings. The lowest BCUT2D eigenvalue weighted by Gasteiger charge is -2.21. The van der Waals surface area contributed by atoms with Crippen molar-refractivity contribution in [3.8, 4) is 0 Å². The maximum absolute atomic E-state index is 6.48. The van der Waals surface area contributed by atoms with Crippen LogP contribution in [0.3, 0.4) is 0 Å². The summed E-state index contributed by atoms with van der Waals surface area (Å²) < 4.78 is 12.6. The van der Waals surface area contributed by atoms with Gasteiger partial charge in [0.2, 0.25) is 0 Å². The molecule has 6 atom stereocenters. The van der Waals surface area contributed by atoms with Crippen molar-refractivity contribution >= 4 is 0 Å². The summed E-state index contributed by atoms with van der Waals surface area (Å²) in [6.07, 6.45) is 9.28. The Hall–Kier alpha value is -1.12. The Balaban J connectivity index is 1.63. The highest BCUT2D eigenvalue weighted by molar-refractivity contribution is 5.26. The van der Waals surface area contributed by atoms with Crippen LogP contribution >= 0.6 is 0 Å². The van der Waals surface area contributed by atoms with Gasteiger partial charge in [-0.05, 0) is 12.0 Å². The number of hydrogen-bond donors (Lipinski definition) is 0. The van der Waals surface area contributed by atoms with Crippen LogP contribution in [-0.2, 0) is 9.47 Å². The summed E-state index contributed by atoms with van der Waals surface area (Å²) >= 11 is 0. The van der Waals surface area contributed by atoms with Crippen molar-refractivity contribution in [2.24, 2.45) is 11.8 Å². The molecule has 3 aliphatic heterocycles. The lowest BCUT2D eigenvalue weighted by atomic mass is 9.77. The van der Waals surface area contributed by atoms with Gasteiger partial charge >= 0.3 is 0 Å². The molecule has 0 N–H and O–H groups in total. The molecule has 106 valence electrons. The molecule has 0 aliphatic carbocycles. The van der Waals surface area contributed by atoms with E-state index in [4.69, 9.17) is 9.47 Å². The summed E-state index contributed by atoms with van der Waals surface area (Å²) in [7, 11) is 0. The second-order valence-electron chi connectivity index (χ2n) is 6.25. The Morgan fingerprint density at radius 3 is 2.45 bits per heavy atom. The van der Waals surface area contributed by atoms with E-state index in [2.05, 4.69) is 49.4 Å². The van der Waals surface area contributed by atoms with Gasteiger partial charge < -0.3 is 9.47 Å². The molecule has 2 bridgehead atoms. The molecule has 2 fully saturated rings. The van der Waals surface area contributed by atoms with Crippen molar-refractivity contribution in [1.82, 2.24) is 0 Å². The maximum atomic E-state index is 6.48. The SMILES string of the molecule is CCCC[C@@H]1O[C@H](c2ccccc2)[C@H]2[C@H]1[C@@H]1C=C[C@H]2O1.